The number of rotatable bonds is 2. The van der Waals surface area contributed by atoms with Crippen molar-refractivity contribution in [3.05, 3.63) is 29.8 Å². The molecule has 0 saturated heterocycles. The Balaban J connectivity index is 1.93. The number of nitrogens with one attached hydrogen (secondary N) is 1. The molecule has 0 aromatic heterocycles. The third-order valence-corrected chi connectivity index (χ3v) is 3.52. The molecule has 0 bridgehead atoms. The Kier molecular flexibility index (Phi) is 2.78. The molecule has 4 nitrogen and oxygen atoms in total. The average molecular weight is 244 g/mol. The summed E-state index contributed by atoms with van der Waals surface area (Å²) >= 11 is 0. The Labute approximate surface area is 106 Å². The Hall–Kier alpha value is -1.84. The lowest BCUT2D eigenvalue weighted by molar-refractivity contribution is -0.120. The summed E-state index contributed by atoms with van der Waals surface area (Å²) in [6.07, 6.45) is 1.62. The van der Waals surface area contributed by atoms with Gasteiger partial charge in [0.05, 0.1) is 6.61 Å². The number of amides is 1. The van der Waals surface area contributed by atoms with Crippen LogP contribution in [0.1, 0.15) is 31.2 Å². The van der Waals surface area contributed by atoms with Crippen LogP contribution in [0.15, 0.2) is 29.3 Å². The maximum Gasteiger partial charge on any atom is 0.250 e. The first-order chi connectivity index (χ1) is 8.79. The average Bonchev–Trinajstić information content (AvgIpc) is 2.79. The first-order valence-electron chi connectivity index (χ1n) is 6.40. The van der Waals surface area contributed by atoms with Crippen LogP contribution < -0.4 is 10.1 Å². The number of amidine groups is 1. The number of fused-ring (bicyclic) bond motifs is 1. The molecule has 2 aliphatic rings. The molecule has 0 spiro atoms. The van der Waals surface area contributed by atoms with Crippen molar-refractivity contribution in [2.75, 3.05) is 6.61 Å². The van der Waals surface area contributed by atoms with Crippen molar-refractivity contribution in [3.8, 4) is 5.75 Å². The molecule has 2 unspecified atom stereocenters. The van der Waals surface area contributed by atoms with Gasteiger partial charge in [-0.25, -0.2) is 0 Å². The summed E-state index contributed by atoms with van der Waals surface area (Å²) in [6.45, 7) is 2.65. The van der Waals surface area contributed by atoms with Crippen molar-refractivity contribution in [3.63, 3.8) is 0 Å². The minimum atomic E-state index is -0.213. The van der Waals surface area contributed by atoms with Gasteiger partial charge in [-0.15, -0.1) is 0 Å². The van der Waals surface area contributed by atoms with Gasteiger partial charge >= 0.3 is 0 Å². The van der Waals surface area contributed by atoms with E-state index in [1.807, 2.05) is 31.2 Å². The van der Waals surface area contributed by atoms with Gasteiger partial charge in [-0.05, 0) is 18.9 Å². The number of nitrogens with zero attached hydrogens (tertiary/aromatic N) is 1. The van der Waals surface area contributed by atoms with Gasteiger partial charge in [0.1, 0.15) is 17.6 Å². The zero-order valence-electron chi connectivity index (χ0n) is 10.3. The number of carbonyl (C=O) groups excluding carboxylic acids is 1. The predicted molar refractivity (Wildman–Crippen MR) is 69.0 cm³/mol. The summed E-state index contributed by atoms with van der Waals surface area (Å²) in [5.41, 5.74) is 1.12. The van der Waals surface area contributed by atoms with Crippen molar-refractivity contribution >= 4 is 11.7 Å². The Morgan fingerprint density at radius 2 is 2.28 bits per heavy atom. The Morgan fingerprint density at radius 1 is 1.44 bits per heavy atom. The van der Waals surface area contributed by atoms with Gasteiger partial charge in [-0.3, -0.25) is 9.79 Å². The second kappa shape index (κ2) is 4.44. The molecule has 1 N–H and O–H groups in total. The smallest absolute Gasteiger partial charge is 0.250 e. The van der Waals surface area contributed by atoms with Crippen LogP contribution in [0.5, 0.6) is 5.75 Å². The van der Waals surface area contributed by atoms with Crippen LogP contribution in [-0.4, -0.2) is 24.4 Å². The molecule has 2 atom stereocenters. The molecule has 1 amide bonds. The number of aliphatic imine (C=N–C) groups is 1. The van der Waals surface area contributed by atoms with Crippen molar-refractivity contribution in [1.82, 2.24) is 5.32 Å². The third kappa shape index (κ3) is 1.78. The molecule has 0 radical (unpaired) electrons. The largest absolute Gasteiger partial charge is 0.493 e. The molecule has 3 rings (SSSR count). The van der Waals surface area contributed by atoms with Crippen LogP contribution in [0.3, 0.4) is 0 Å². The quantitative estimate of drug-likeness (QED) is 0.863. The van der Waals surface area contributed by atoms with Gasteiger partial charge in [0.15, 0.2) is 0 Å². The topological polar surface area (TPSA) is 50.7 Å². The van der Waals surface area contributed by atoms with Crippen molar-refractivity contribution in [2.45, 2.75) is 31.7 Å². The zero-order valence-corrected chi connectivity index (χ0v) is 10.3. The first kappa shape index (κ1) is 11.3. The van der Waals surface area contributed by atoms with Crippen LogP contribution in [0.4, 0.5) is 0 Å². The van der Waals surface area contributed by atoms with E-state index in [4.69, 9.17) is 4.74 Å². The van der Waals surface area contributed by atoms with E-state index in [2.05, 4.69) is 10.3 Å². The SMILES string of the molecule is CCC1N=C(C2CCOc3ccccc32)NC1=O. The maximum absolute atomic E-state index is 11.7. The lowest BCUT2D eigenvalue weighted by Gasteiger charge is -2.25. The molecule has 4 heteroatoms. The molecule has 0 aliphatic carbocycles. The fourth-order valence-corrected chi connectivity index (χ4v) is 2.55. The van der Waals surface area contributed by atoms with E-state index < -0.39 is 0 Å². The molecule has 2 heterocycles. The lowest BCUT2D eigenvalue weighted by Crippen LogP contribution is -2.33. The summed E-state index contributed by atoms with van der Waals surface area (Å²) in [5, 5.41) is 2.92. The highest BCUT2D eigenvalue weighted by Crippen LogP contribution is 2.34. The maximum atomic E-state index is 11.7. The van der Waals surface area contributed by atoms with E-state index in [0.29, 0.717) is 6.61 Å². The van der Waals surface area contributed by atoms with E-state index in [1.54, 1.807) is 0 Å². The van der Waals surface area contributed by atoms with E-state index in [1.165, 1.54) is 0 Å². The summed E-state index contributed by atoms with van der Waals surface area (Å²) in [5.74, 6) is 1.90. The van der Waals surface area contributed by atoms with Crippen LogP contribution in [0.2, 0.25) is 0 Å². The third-order valence-electron chi connectivity index (χ3n) is 3.52. The Morgan fingerprint density at radius 3 is 3.06 bits per heavy atom. The number of ether oxygens (including phenoxy) is 1. The summed E-state index contributed by atoms with van der Waals surface area (Å²) in [4.78, 5) is 16.2. The van der Waals surface area contributed by atoms with Gasteiger partial charge in [-0.2, -0.15) is 0 Å². The fourth-order valence-electron chi connectivity index (χ4n) is 2.55. The number of hydrogen-bond acceptors (Lipinski definition) is 3. The molecule has 2 aliphatic heterocycles. The van der Waals surface area contributed by atoms with Crippen molar-refractivity contribution < 1.29 is 9.53 Å². The van der Waals surface area contributed by atoms with Crippen LogP contribution in [0, 0.1) is 0 Å². The molecule has 0 fully saturated rings. The monoisotopic (exact) mass is 244 g/mol. The van der Waals surface area contributed by atoms with E-state index in [0.717, 1.165) is 30.0 Å². The number of hydrogen-bond donors (Lipinski definition) is 1. The molecule has 94 valence electrons. The Bertz CT molecular complexity index is 510. The van der Waals surface area contributed by atoms with Gasteiger partial charge in [0.2, 0.25) is 5.91 Å². The predicted octanol–water partition coefficient (Wildman–Crippen LogP) is 1.86. The number of benzene rings is 1. The number of carbonyl (C=O) groups is 1. The lowest BCUT2D eigenvalue weighted by atomic mass is 9.92. The van der Waals surface area contributed by atoms with Crippen molar-refractivity contribution in [1.29, 1.82) is 0 Å². The van der Waals surface area contributed by atoms with Gasteiger partial charge in [0, 0.05) is 11.5 Å². The molecule has 1 aromatic rings. The minimum absolute atomic E-state index is 0.0245. The standard InChI is InChI=1S/C14H16N2O2/c1-2-11-14(17)16-13(15-11)10-7-8-18-12-6-4-3-5-9(10)12/h3-6,10-11H,2,7-8H2,1H3,(H,15,16,17). The molecular formula is C14H16N2O2. The van der Waals surface area contributed by atoms with E-state index in [-0.39, 0.29) is 17.9 Å². The highest BCUT2D eigenvalue weighted by Gasteiger charge is 2.32. The minimum Gasteiger partial charge on any atom is -0.493 e. The summed E-state index contributed by atoms with van der Waals surface area (Å²) in [7, 11) is 0. The molecule has 18 heavy (non-hydrogen) atoms. The van der Waals surface area contributed by atoms with E-state index >= 15 is 0 Å². The molecular weight excluding hydrogens is 228 g/mol. The fraction of sp³-hybridized carbons (Fsp3) is 0.429. The second-order valence-electron chi connectivity index (χ2n) is 4.66. The van der Waals surface area contributed by atoms with Gasteiger partial charge in [0.25, 0.3) is 0 Å². The highest BCUT2D eigenvalue weighted by atomic mass is 16.5. The summed E-state index contributed by atoms with van der Waals surface area (Å²) in [6, 6.07) is 7.76. The molecule has 0 saturated carbocycles. The van der Waals surface area contributed by atoms with Crippen LogP contribution in [-0.2, 0) is 4.79 Å². The van der Waals surface area contributed by atoms with Gasteiger partial charge in [-0.1, -0.05) is 25.1 Å². The summed E-state index contributed by atoms with van der Waals surface area (Å²) < 4.78 is 5.63. The number of para-hydroxylation sites is 1. The highest BCUT2D eigenvalue weighted by molar-refractivity contribution is 6.08. The normalized spacial score (nSPS) is 26.1. The van der Waals surface area contributed by atoms with Crippen LogP contribution >= 0.6 is 0 Å². The molecule has 1 aromatic carbocycles. The first-order valence-corrected chi connectivity index (χ1v) is 6.40. The second-order valence-corrected chi connectivity index (χ2v) is 4.66. The van der Waals surface area contributed by atoms with Gasteiger partial charge < -0.3 is 10.1 Å². The zero-order chi connectivity index (χ0) is 12.5. The van der Waals surface area contributed by atoms with Crippen LogP contribution in [0.25, 0.3) is 0 Å². The van der Waals surface area contributed by atoms with E-state index in [9.17, 15) is 4.79 Å². The van der Waals surface area contributed by atoms with Crippen molar-refractivity contribution in [2.24, 2.45) is 4.99 Å².